The number of halogens is 2. The van der Waals surface area contributed by atoms with Crippen molar-refractivity contribution in [1.29, 1.82) is 0 Å². The molecular formula is C34H36Cl2N2O3. The van der Waals surface area contributed by atoms with Crippen LogP contribution in [0.2, 0.25) is 10.0 Å². The number of benzene rings is 4. The van der Waals surface area contributed by atoms with Gasteiger partial charge in [0.1, 0.15) is 7.11 Å². The van der Waals surface area contributed by atoms with Gasteiger partial charge in [-0.2, -0.15) is 0 Å². The normalized spacial score (nSPS) is 16.5. The largest absolute Gasteiger partial charge is 0.399 e. The minimum atomic E-state index is -0.778. The molecule has 1 heterocycles. The van der Waals surface area contributed by atoms with Crippen LogP contribution in [0, 0.1) is 0 Å². The molecule has 4 aromatic carbocycles. The van der Waals surface area contributed by atoms with E-state index in [1.54, 1.807) is 7.11 Å². The van der Waals surface area contributed by atoms with E-state index in [1.807, 2.05) is 60.7 Å². The summed E-state index contributed by atoms with van der Waals surface area (Å²) in [5.41, 5.74) is 3.13. The molecule has 1 aliphatic heterocycles. The van der Waals surface area contributed by atoms with Crippen LogP contribution in [0.4, 0.5) is 0 Å². The molecule has 0 spiro atoms. The quantitative estimate of drug-likeness (QED) is 0.143. The number of oxime groups is 1. The van der Waals surface area contributed by atoms with Gasteiger partial charge in [-0.3, -0.25) is 0 Å². The number of fused-ring (bicyclic) bond motifs is 1. The highest BCUT2D eigenvalue weighted by molar-refractivity contribution is 6.42. The van der Waals surface area contributed by atoms with Gasteiger partial charge in [0.15, 0.2) is 0 Å². The standard InChI is InChI=1S/C34H36Cl2N2O3/c1-40-37-33(24-41-23-25-11-12-26-7-5-6-8-27(26)21-25)30(28-13-14-31(35)32(36)22-28)15-18-38-19-16-34(39,17-20-38)29-9-3-2-4-10-29/h2-14,21-22,30,39H,15-20,23-24H2,1H3/b37-33-. The highest BCUT2D eigenvalue weighted by Crippen LogP contribution is 2.34. The third-order valence-electron chi connectivity index (χ3n) is 8.02. The Morgan fingerprint density at radius 3 is 2.37 bits per heavy atom. The van der Waals surface area contributed by atoms with Crippen LogP contribution in [-0.4, -0.2) is 49.1 Å². The predicted molar refractivity (Wildman–Crippen MR) is 168 cm³/mol. The minimum Gasteiger partial charge on any atom is -0.399 e. The van der Waals surface area contributed by atoms with Gasteiger partial charge in [0.05, 0.1) is 34.6 Å². The molecule has 0 bridgehead atoms. The van der Waals surface area contributed by atoms with Gasteiger partial charge in [-0.15, -0.1) is 0 Å². The predicted octanol–water partition coefficient (Wildman–Crippen LogP) is 7.82. The van der Waals surface area contributed by atoms with Crippen LogP contribution in [0.5, 0.6) is 0 Å². The number of likely N-dealkylation sites (tertiary alicyclic amines) is 1. The average Bonchev–Trinajstić information content (AvgIpc) is 3.00. The van der Waals surface area contributed by atoms with Crippen LogP contribution in [0.3, 0.4) is 0 Å². The van der Waals surface area contributed by atoms with E-state index < -0.39 is 5.60 Å². The molecule has 1 atom stereocenters. The van der Waals surface area contributed by atoms with Crippen molar-refractivity contribution in [3.63, 3.8) is 0 Å². The summed E-state index contributed by atoms with van der Waals surface area (Å²) < 4.78 is 6.19. The fourth-order valence-corrected chi connectivity index (χ4v) is 5.97. The zero-order valence-electron chi connectivity index (χ0n) is 23.3. The van der Waals surface area contributed by atoms with E-state index in [-0.39, 0.29) is 5.92 Å². The fourth-order valence-electron chi connectivity index (χ4n) is 5.66. The number of piperidine rings is 1. The summed E-state index contributed by atoms with van der Waals surface area (Å²) in [4.78, 5) is 7.70. The summed E-state index contributed by atoms with van der Waals surface area (Å²) in [6, 6.07) is 30.4. The van der Waals surface area contributed by atoms with Gasteiger partial charge in [-0.1, -0.05) is 101 Å². The van der Waals surface area contributed by atoms with Gasteiger partial charge in [0.25, 0.3) is 0 Å². The SMILES string of the molecule is CO/N=C(/COCc1ccc2ccccc2c1)C(CCN1CCC(O)(c2ccccc2)CC1)c1ccc(Cl)c(Cl)c1. The van der Waals surface area contributed by atoms with E-state index in [0.29, 0.717) is 36.1 Å². The molecule has 1 fully saturated rings. The van der Waals surface area contributed by atoms with Gasteiger partial charge >= 0.3 is 0 Å². The maximum absolute atomic E-state index is 11.3. The number of ether oxygens (including phenoxy) is 1. The smallest absolute Gasteiger partial charge is 0.106 e. The highest BCUT2D eigenvalue weighted by atomic mass is 35.5. The molecule has 4 aromatic rings. The van der Waals surface area contributed by atoms with E-state index in [2.05, 4.69) is 40.4 Å². The summed E-state index contributed by atoms with van der Waals surface area (Å²) in [5.74, 6) is -0.0729. The first-order valence-corrected chi connectivity index (χ1v) is 14.8. The molecule has 1 unspecified atom stereocenters. The summed E-state index contributed by atoms with van der Waals surface area (Å²) in [6.07, 6.45) is 2.19. The maximum Gasteiger partial charge on any atom is 0.106 e. The van der Waals surface area contributed by atoms with Crippen molar-refractivity contribution in [2.24, 2.45) is 5.16 Å². The molecule has 1 aliphatic rings. The van der Waals surface area contributed by atoms with E-state index in [1.165, 1.54) is 10.8 Å². The van der Waals surface area contributed by atoms with E-state index >= 15 is 0 Å². The number of hydrogen-bond acceptors (Lipinski definition) is 5. The molecule has 5 rings (SSSR count). The average molecular weight is 592 g/mol. The Labute approximate surface area is 252 Å². The molecule has 7 heteroatoms. The first-order chi connectivity index (χ1) is 19.9. The van der Waals surface area contributed by atoms with Gasteiger partial charge in [-0.05, 0) is 71.5 Å². The molecular weight excluding hydrogens is 555 g/mol. The molecule has 0 radical (unpaired) electrons. The molecule has 0 aromatic heterocycles. The van der Waals surface area contributed by atoms with Gasteiger partial charge in [-0.25, -0.2) is 0 Å². The zero-order chi connectivity index (χ0) is 28.7. The Morgan fingerprint density at radius 1 is 0.902 bits per heavy atom. The van der Waals surface area contributed by atoms with Crippen molar-refractivity contribution in [1.82, 2.24) is 4.90 Å². The van der Waals surface area contributed by atoms with Crippen molar-refractivity contribution >= 4 is 39.7 Å². The Balaban J connectivity index is 1.27. The maximum atomic E-state index is 11.3. The third kappa shape index (κ3) is 7.48. The van der Waals surface area contributed by atoms with E-state index in [4.69, 9.17) is 32.8 Å². The second kappa shape index (κ2) is 13.8. The molecule has 41 heavy (non-hydrogen) atoms. The zero-order valence-corrected chi connectivity index (χ0v) is 24.8. The number of nitrogens with zero attached hydrogens (tertiary/aromatic N) is 2. The minimum absolute atomic E-state index is 0.0729. The van der Waals surface area contributed by atoms with Crippen LogP contribution >= 0.6 is 23.2 Å². The third-order valence-corrected chi connectivity index (χ3v) is 8.76. The highest BCUT2D eigenvalue weighted by Gasteiger charge is 2.34. The van der Waals surface area contributed by atoms with Crippen LogP contribution in [0.1, 0.15) is 41.9 Å². The monoisotopic (exact) mass is 590 g/mol. The molecule has 0 amide bonds. The summed E-state index contributed by atoms with van der Waals surface area (Å²) >= 11 is 12.7. The molecule has 0 aliphatic carbocycles. The van der Waals surface area contributed by atoms with Gasteiger partial charge in [0.2, 0.25) is 0 Å². The summed E-state index contributed by atoms with van der Waals surface area (Å²) in [6.45, 7) is 3.25. The van der Waals surface area contributed by atoms with E-state index in [0.717, 1.165) is 48.5 Å². The second-order valence-electron chi connectivity index (χ2n) is 10.7. The number of rotatable bonds is 11. The van der Waals surface area contributed by atoms with Gasteiger partial charge in [0, 0.05) is 19.0 Å². The van der Waals surface area contributed by atoms with Crippen LogP contribution in [0.15, 0.2) is 96.2 Å². The van der Waals surface area contributed by atoms with Crippen LogP contribution < -0.4 is 0 Å². The lowest BCUT2D eigenvalue weighted by atomic mass is 9.84. The van der Waals surface area contributed by atoms with Crippen LogP contribution in [0.25, 0.3) is 10.8 Å². The molecule has 1 saturated heterocycles. The lowest BCUT2D eigenvalue weighted by Crippen LogP contribution is -2.43. The second-order valence-corrected chi connectivity index (χ2v) is 11.5. The van der Waals surface area contributed by atoms with Crippen molar-refractivity contribution in [2.75, 3.05) is 33.4 Å². The van der Waals surface area contributed by atoms with Crippen molar-refractivity contribution < 1.29 is 14.7 Å². The van der Waals surface area contributed by atoms with Crippen LogP contribution in [-0.2, 0) is 21.8 Å². The summed E-state index contributed by atoms with van der Waals surface area (Å²) in [5, 5.41) is 19.1. The van der Waals surface area contributed by atoms with Crippen molar-refractivity contribution in [3.05, 3.63) is 118 Å². The summed E-state index contributed by atoms with van der Waals surface area (Å²) in [7, 11) is 1.56. The molecule has 5 nitrogen and oxygen atoms in total. The topological polar surface area (TPSA) is 54.3 Å². The first-order valence-electron chi connectivity index (χ1n) is 14.1. The van der Waals surface area contributed by atoms with Crippen molar-refractivity contribution in [3.8, 4) is 0 Å². The molecule has 1 N–H and O–H groups in total. The Bertz CT molecular complexity index is 1470. The van der Waals surface area contributed by atoms with E-state index in [9.17, 15) is 5.11 Å². The lowest BCUT2D eigenvalue weighted by Gasteiger charge is -2.39. The number of hydrogen-bond donors (Lipinski definition) is 1. The Kier molecular flexibility index (Phi) is 9.97. The first kappa shape index (κ1) is 29.6. The Hall–Kier alpha value is -2.93. The lowest BCUT2D eigenvalue weighted by molar-refractivity contribution is -0.0261. The fraction of sp³-hybridized carbons (Fsp3) is 0.324. The number of aliphatic hydroxyl groups is 1. The Morgan fingerprint density at radius 2 is 1.63 bits per heavy atom. The van der Waals surface area contributed by atoms with Gasteiger partial charge < -0.3 is 19.6 Å². The molecule has 214 valence electrons. The van der Waals surface area contributed by atoms with Crippen molar-refractivity contribution in [2.45, 2.75) is 37.4 Å². The molecule has 0 saturated carbocycles.